The van der Waals surface area contributed by atoms with E-state index in [9.17, 15) is 4.39 Å². The Kier molecular flexibility index (Phi) is 1.88. The van der Waals surface area contributed by atoms with Gasteiger partial charge in [-0.2, -0.15) is 0 Å². The first-order valence-corrected chi connectivity index (χ1v) is 2.89. The molecule has 1 rings (SSSR count). The Morgan fingerprint density at radius 2 is 2.30 bits per heavy atom. The van der Waals surface area contributed by atoms with Gasteiger partial charge in [-0.25, -0.2) is 4.39 Å². The van der Waals surface area contributed by atoms with Gasteiger partial charge in [-0.05, 0) is 0 Å². The second-order valence-corrected chi connectivity index (χ2v) is 2.03. The maximum atomic E-state index is 12.6. The molecule has 0 aliphatic carbocycles. The second kappa shape index (κ2) is 2.68. The summed E-state index contributed by atoms with van der Waals surface area (Å²) in [6.45, 7) is 0. The summed E-state index contributed by atoms with van der Waals surface area (Å²) in [5.74, 6) is 1.56. The van der Waals surface area contributed by atoms with Crippen LogP contribution in [0.2, 0.25) is 5.02 Å². The molecule has 1 aromatic heterocycles. The van der Waals surface area contributed by atoms with Crippen LogP contribution in [0.1, 0.15) is 5.56 Å². The van der Waals surface area contributed by atoms with Gasteiger partial charge < -0.3 is 0 Å². The summed E-state index contributed by atoms with van der Waals surface area (Å²) in [4.78, 5) is 3.49. The van der Waals surface area contributed by atoms with Gasteiger partial charge in [-0.3, -0.25) is 4.98 Å². The summed E-state index contributed by atoms with van der Waals surface area (Å²) in [5.41, 5.74) is 0.0664. The van der Waals surface area contributed by atoms with Crippen LogP contribution in [-0.4, -0.2) is 4.98 Å². The van der Waals surface area contributed by atoms with Gasteiger partial charge in [0.15, 0.2) is 5.82 Å². The largest absolute Gasteiger partial charge is 0.260 e. The maximum absolute atomic E-state index is 12.6. The Balaban J connectivity index is 3.34. The molecule has 0 amide bonds. The Hall–Kier alpha value is -1.07. The van der Waals surface area contributed by atoms with E-state index >= 15 is 0 Å². The Morgan fingerprint density at radius 3 is 2.70 bits per heavy atom. The quantitative estimate of drug-likeness (QED) is 0.521. The lowest BCUT2D eigenvalue weighted by Crippen LogP contribution is -1.85. The summed E-state index contributed by atoms with van der Waals surface area (Å²) < 4.78 is 12.6. The van der Waals surface area contributed by atoms with Crippen LogP contribution in [0.5, 0.6) is 0 Å². The van der Waals surface area contributed by atoms with E-state index in [0.29, 0.717) is 0 Å². The van der Waals surface area contributed by atoms with Crippen LogP contribution >= 0.6 is 11.6 Å². The van der Waals surface area contributed by atoms with Crippen molar-refractivity contribution < 1.29 is 4.39 Å². The first-order chi connectivity index (χ1) is 4.75. The molecule has 0 aliphatic heterocycles. The molecule has 0 aliphatic rings. The van der Waals surface area contributed by atoms with Crippen LogP contribution in [0, 0.1) is 18.2 Å². The van der Waals surface area contributed by atoms with Gasteiger partial charge >= 0.3 is 0 Å². The van der Waals surface area contributed by atoms with Gasteiger partial charge in [0.25, 0.3) is 0 Å². The first kappa shape index (κ1) is 7.04. The molecule has 1 aromatic rings. The van der Waals surface area contributed by atoms with Crippen molar-refractivity contribution in [2.75, 3.05) is 0 Å². The molecule has 1 nitrogen and oxygen atoms in total. The molecule has 0 atom stereocenters. The van der Waals surface area contributed by atoms with Crippen LogP contribution in [0.25, 0.3) is 0 Å². The number of halogens is 2. The van der Waals surface area contributed by atoms with Crippen molar-refractivity contribution >= 4 is 11.6 Å². The highest BCUT2D eigenvalue weighted by Crippen LogP contribution is 2.14. The van der Waals surface area contributed by atoms with Crippen LogP contribution in [0.4, 0.5) is 4.39 Å². The highest BCUT2D eigenvalue weighted by atomic mass is 35.5. The molecule has 0 radical (unpaired) electrons. The number of hydrogen-bond acceptors (Lipinski definition) is 1. The highest BCUT2D eigenvalue weighted by molar-refractivity contribution is 6.31. The molecule has 10 heavy (non-hydrogen) atoms. The number of hydrogen-bond donors (Lipinski definition) is 0. The SMILES string of the molecule is C#Cc1c(F)cncc1Cl. The van der Waals surface area contributed by atoms with Crippen molar-refractivity contribution in [2.45, 2.75) is 0 Å². The number of pyridine rings is 1. The van der Waals surface area contributed by atoms with E-state index in [-0.39, 0.29) is 10.6 Å². The number of aromatic nitrogens is 1. The fourth-order valence-corrected chi connectivity index (χ4v) is 0.750. The average Bonchev–Trinajstić information content (AvgIpc) is 1.88. The molecule has 50 valence electrons. The first-order valence-electron chi connectivity index (χ1n) is 2.51. The summed E-state index contributed by atoms with van der Waals surface area (Å²) >= 11 is 5.48. The van der Waals surface area contributed by atoms with Crippen LogP contribution in [0.3, 0.4) is 0 Å². The molecule has 0 fully saturated rings. The van der Waals surface area contributed by atoms with Crippen molar-refractivity contribution in [2.24, 2.45) is 0 Å². The predicted octanol–water partition coefficient (Wildman–Crippen LogP) is 1.86. The molecule has 3 heteroatoms. The zero-order valence-corrected chi connectivity index (χ0v) is 5.69. The highest BCUT2D eigenvalue weighted by Gasteiger charge is 2.02. The number of rotatable bonds is 0. The summed E-state index contributed by atoms with van der Waals surface area (Å²) in [7, 11) is 0. The van der Waals surface area contributed by atoms with Gasteiger partial charge in [-0.1, -0.05) is 17.5 Å². The third-order valence-electron chi connectivity index (χ3n) is 0.998. The van der Waals surface area contributed by atoms with E-state index in [2.05, 4.69) is 10.9 Å². The lowest BCUT2D eigenvalue weighted by atomic mass is 10.3. The Morgan fingerprint density at radius 1 is 1.60 bits per heavy atom. The molecule has 0 saturated carbocycles. The normalized spacial score (nSPS) is 8.90. The zero-order chi connectivity index (χ0) is 7.56. The third kappa shape index (κ3) is 1.09. The van der Waals surface area contributed by atoms with Crippen molar-refractivity contribution in [3.05, 3.63) is 28.8 Å². The van der Waals surface area contributed by atoms with E-state index in [1.165, 1.54) is 6.20 Å². The monoisotopic (exact) mass is 155 g/mol. The van der Waals surface area contributed by atoms with Gasteiger partial charge in [0.1, 0.15) is 0 Å². The van der Waals surface area contributed by atoms with E-state index < -0.39 is 5.82 Å². The number of nitrogens with zero attached hydrogens (tertiary/aromatic N) is 1. The van der Waals surface area contributed by atoms with E-state index in [4.69, 9.17) is 18.0 Å². The van der Waals surface area contributed by atoms with Crippen molar-refractivity contribution in [1.82, 2.24) is 4.98 Å². The summed E-state index contributed by atoms with van der Waals surface area (Å²) in [6, 6.07) is 0. The molecule has 0 aromatic carbocycles. The smallest absolute Gasteiger partial charge is 0.158 e. The van der Waals surface area contributed by atoms with Crippen LogP contribution < -0.4 is 0 Å². The lowest BCUT2D eigenvalue weighted by Gasteiger charge is -1.93. The lowest BCUT2D eigenvalue weighted by molar-refractivity contribution is 0.618. The van der Waals surface area contributed by atoms with Crippen molar-refractivity contribution in [1.29, 1.82) is 0 Å². The zero-order valence-electron chi connectivity index (χ0n) is 4.94. The van der Waals surface area contributed by atoms with E-state index in [0.717, 1.165) is 6.20 Å². The average molecular weight is 156 g/mol. The molecular weight excluding hydrogens is 153 g/mol. The topological polar surface area (TPSA) is 12.9 Å². The van der Waals surface area contributed by atoms with Crippen LogP contribution in [0.15, 0.2) is 12.4 Å². The van der Waals surface area contributed by atoms with Crippen LogP contribution in [-0.2, 0) is 0 Å². The minimum atomic E-state index is -0.560. The fraction of sp³-hybridized carbons (Fsp3) is 0. The van der Waals surface area contributed by atoms with Gasteiger partial charge in [0.05, 0.1) is 16.8 Å². The molecule has 1 heterocycles. The Labute approximate surface area is 62.8 Å². The molecular formula is C7H3ClFN. The van der Waals surface area contributed by atoms with Gasteiger partial charge in [-0.15, -0.1) is 6.42 Å². The van der Waals surface area contributed by atoms with Crippen molar-refractivity contribution in [3.63, 3.8) is 0 Å². The molecule has 0 N–H and O–H groups in total. The molecule has 0 unspecified atom stereocenters. The van der Waals surface area contributed by atoms with Gasteiger partial charge in [0, 0.05) is 6.20 Å². The summed E-state index contributed by atoms with van der Waals surface area (Å²) in [5, 5.41) is 0.169. The van der Waals surface area contributed by atoms with Gasteiger partial charge in [0.2, 0.25) is 0 Å². The minimum Gasteiger partial charge on any atom is -0.260 e. The molecule has 0 spiro atoms. The summed E-state index contributed by atoms with van der Waals surface area (Å²) in [6.07, 6.45) is 7.28. The molecule has 0 bridgehead atoms. The Bertz CT molecular complexity index is 270. The third-order valence-corrected chi connectivity index (χ3v) is 1.28. The minimum absolute atomic E-state index is 0.0664. The number of terminal acetylenes is 1. The standard InChI is InChI=1S/C7H3ClFN/c1-2-5-6(8)3-10-4-7(5)9/h1,3-4H. The predicted molar refractivity (Wildman–Crippen MR) is 37.1 cm³/mol. The maximum Gasteiger partial charge on any atom is 0.158 e. The van der Waals surface area contributed by atoms with E-state index in [1.807, 2.05) is 0 Å². The van der Waals surface area contributed by atoms with E-state index in [1.54, 1.807) is 0 Å². The second-order valence-electron chi connectivity index (χ2n) is 1.62. The fourth-order valence-electron chi connectivity index (χ4n) is 0.549. The molecule has 0 saturated heterocycles. The van der Waals surface area contributed by atoms with Crippen molar-refractivity contribution in [3.8, 4) is 12.3 Å².